The van der Waals surface area contributed by atoms with Gasteiger partial charge in [-0.15, -0.1) is 0 Å². The molecule has 2 rings (SSSR count). The van der Waals surface area contributed by atoms with E-state index in [1.165, 1.54) is 6.07 Å². The lowest BCUT2D eigenvalue weighted by molar-refractivity contribution is 0.473. The summed E-state index contributed by atoms with van der Waals surface area (Å²) < 4.78 is 37.2. The summed E-state index contributed by atoms with van der Waals surface area (Å²) in [7, 11) is -2.92. The molecule has 1 saturated heterocycles. The summed E-state index contributed by atoms with van der Waals surface area (Å²) >= 11 is 3.20. The monoisotopic (exact) mass is 335 g/mol. The maximum Gasteiger partial charge on any atom is 0.151 e. The first kappa shape index (κ1) is 14.0. The lowest BCUT2D eigenvalue weighted by Crippen LogP contribution is -2.39. The number of benzene rings is 1. The van der Waals surface area contributed by atoms with Gasteiger partial charge in [0.1, 0.15) is 5.82 Å². The highest BCUT2D eigenvalue weighted by molar-refractivity contribution is 9.10. The van der Waals surface area contributed by atoms with E-state index in [9.17, 15) is 12.8 Å². The zero-order valence-corrected chi connectivity index (χ0v) is 12.2. The maximum absolute atomic E-state index is 13.6. The number of halogens is 2. The number of hydrogen-bond acceptors (Lipinski definition) is 3. The van der Waals surface area contributed by atoms with Crippen molar-refractivity contribution < 1.29 is 12.8 Å². The third kappa shape index (κ3) is 3.76. The van der Waals surface area contributed by atoms with E-state index in [1.54, 1.807) is 12.1 Å². The first-order chi connectivity index (χ1) is 8.46. The first-order valence-corrected chi connectivity index (χ1v) is 8.45. The van der Waals surface area contributed by atoms with Gasteiger partial charge in [-0.2, -0.15) is 0 Å². The molecule has 1 fully saturated rings. The van der Waals surface area contributed by atoms with Gasteiger partial charge in [-0.05, 0) is 25.0 Å². The highest BCUT2D eigenvalue weighted by atomic mass is 79.9. The Morgan fingerprint density at radius 3 is 2.89 bits per heavy atom. The van der Waals surface area contributed by atoms with Crippen LogP contribution in [0.15, 0.2) is 22.7 Å². The van der Waals surface area contributed by atoms with Gasteiger partial charge in [-0.25, -0.2) is 12.8 Å². The second kappa shape index (κ2) is 5.67. The van der Waals surface area contributed by atoms with E-state index in [4.69, 9.17) is 0 Å². The topological polar surface area (TPSA) is 46.2 Å². The summed E-state index contributed by atoms with van der Waals surface area (Å²) in [6.45, 7) is 0.360. The molecule has 1 N–H and O–H groups in total. The molecule has 1 aliphatic heterocycles. The van der Waals surface area contributed by atoms with Gasteiger partial charge in [-0.1, -0.05) is 22.0 Å². The predicted octanol–water partition coefficient (Wildman–Crippen LogP) is 2.25. The standard InChI is InChI=1S/C12H15BrFNO2S/c13-10-4-3-9(12(14)6-10)7-15-11-2-1-5-18(16,17)8-11/h3-4,6,11,15H,1-2,5,7-8H2. The van der Waals surface area contributed by atoms with Crippen LogP contribution < -0.4 is 5.32 Å². The third-order valence-corrected chi connectivity index (χ3v) is 5.37. The Hall–Kier alpha value is -0.460. The van der Waals surface area contributed by atoms with Crippen LogP contribution in [-0.2, 0) is 16.4 Å². The average molecular weight is 336 g/mol. The van der Waals surface area contributed by atoms with E-state index in [-0.39, 0.29) is 23.4 Å². The van der Waals surface area contributed by atoms with Crippen LogP contribution in [0.2, 0.25) is 0 Å². The van der Waals surface area contributed by atoms with Crippen molar-refractivity contribution in [1.29, 1.82) is 0 Å². The van der Waals surface area contributed by atoms with Crippen molar-refractivity contribution in [2.75, 3.05) is 11.5 Å². The summed E-state index contributed by atoms with van der Waals surface area (Å²) in [5.74, 6) is 0.152. The molecule has 1 atom stereocenters. The Morgan fingerprint density at radius 1 is 1.44 bits per heavy atom. The van der Waals surface area contributed by atoms with Gasteiger partial charge in [0.15, 0.2) is 9.84 Å². The Kier molecular flexibility index (Phi) is 4.40. The fourth-order valence-electron chi connectivity index (χ4n) is 2.10. The molecule has 0 aromatic heterocycles. The Balaban J connectivity index is 1.95. The van der Waals surface area contributed by atoms with E-state index >= 15 is 0 Å². The van der Waals surface area contributed by atoms with Crippen LogP contribution >= 0.6 is 15.9 Å². The molecule has 3 nitrogen and oxygen atoms in total. The predicted molar refractivity (Wildman–Crippen MR) is 72.6 cm³/mol. The summed E-state index contributed by atoms with van der Waals surface area (Å²) in [5.41, 5.74) is 0.557. The van der Waals surface area contributed by atoms with Gasteiger partial charge in [0, 0.05) is 22.6 Å². The molecule has 0 spiro atoms. The van der Waals surface area contributed by atoms with Gasteiger partial charge in [0.05, 0.1) is 11.5 Å². The van der Waals surface area contributed by atoms with Crippen LogP contribution in [0.1, 0.15) is 18.4 Å². The van der Waals surface area contributed by atoms with Gasteiger partial charge in [-0.3, -0.25) is 0 Å². The van der Waals surface area contributed by atoms with Gasteiger partial charge >= 0.3 is 0 Å². The fourth-order valence-corrected chi connectivity index (χ4v) is 4.11. The normalized spacial score (nSPS) is 22.9. The van der Waals surface area contributed by atoms with Crippen LogP contribution in [0, 0.1) is 5.82 Å². The Labute approximate surface area is 115 Å². The van der Waals surface area contributed by atoms with E-state index in [0.717, 1.165) is 6.42 Å². The molecule has 0 amide bonds. The van der Waals surface area contributed by atoms with Gasteiger partial charge < -0.3 is 5.32 Å². The molecule has 1 aromatic rings. The van der Waals surface area contributed by atoms with Crippen molar-refractivity contribution in [3.8, 4) is 0 Å². The molecule has 6 heteroatoms. The van der Waals surface area contributed by atoms with Crippen LogP contribution in [0.5, 0.6) is 0 Å². The first-order valence-electron chi connectivity index (χ1n) is 5.84. The SMILES string of the molecule is O=S1(=O)CCCC(NCc2ccc(Br)cc2F)C1. The Morgan fingerprint density at radius 2 is 2.22 bits per heavy atom. The average Bonchev–Trinajstić information content (AvgIpc) is 2.26. The number of hydrogen-bond donors (Lipinski definition) is 1. The molecule has 100 valence electrons. The van der Waals surface area contributed by atoms with Gasteiger partial charge in [0.25, 0.3) is 0 Å². The smallest absolute Gasteiger partial charge is 0.151 e. The minimum atomic E-state index is -2.92. The highest BCUT2D eigenvalue weighted by Crippen LogP contribution is 2.17. The van der Waals surface area contributed by atoms with Crippen LogP contribution in [-0.4, -0.2) is 26.0 Å². The highest BCUT2D eigenvalue weighted by Gasteiger charge is 2.24. The summed E-state index contributed by atoms with van der Waals surface area (Å²) in [6.07, 6.45) is 1.51. The molecular formula is C12H15BrFNO2S. The molecule has 1 heterocycles. The van der Waals surface area contributed by atoms with Crippen LogP contribution in [0.4, 0.5) is 4.39 Å². The second-order valence-electron chi connectivity index (χ2n) is 4.57. The molecule has 0 radical (unpaired) electrons. The fraction of sp³-hybridized carbons (Fsp3) is 0.500. The van der Waals surface area contributed by atoms with Crippen molar-refractivity contribution in [1.82, 2.24) is 5.32 Å². The van der Waals surface area contributed by atoms with E-state index in [0.29, 0.717) is 23.0 Å². The minimum absolute atomic E-state index is 0.0632. The molecule has 0 saturated carbocycles. The summed E-state index contributed by atoms with van der Waals surface area (Å²) in [5, 5.41) is 3.12. The van der Waals surface area contributed by atoms with Crippen LogP contribution in [0.25, 0.3) is 0 Å². The Bertz CT molecular complexity index is 533. The van der Waals surface area contributed by atoms with E-state index in [2.05, 4.69) is 21.2 Å². The lowest BCUT2D eigenvalue weighted by atomic mass is 10.1. The van der Waals surface area contributed by atoms with E-state index in [1.807, 2.05) is 0 Å². The van der Waals surface area contributed by atoms with Crippen molar-refractivity contribution in [3.05, 3.63) is 34.1 Å². The molecule has 0 bridgehead atoms. The number of nitrogens with one attached hydrogen (secondary N) is 1. The largest absolute Gasteiger partial charge is 0.309 e. The van der Waals surface area contributed by atoms with Crippen molar-refractivity contribution >= 4 is 25.8 Å². The minimum Gasteiger partial charge on any atom is -0.309 e. The molecule has 18 heavy (non-hydrogen) atoms. The summed E-state index contributed by atoms with van der Waals surface area (Å²) in [6, 6.07) is 4.82. The third-order valence-electron chi connectivity index (χ3n) is 3.06. The zero-order valence-electron chi connectivity index (χ0n) is 9.83. The van der Waals surface area contributed by atoms with Crippen molar-refractivity contribution in [2.45, 2.75) is 25.4 Å². The van der Waals surface area contributed by atoms with Crippen molar-refractivity contribution in [2.24, 2.45) is 0 Å². The molecule has 1 unspecified atom stereocenters. The number of sulfone groups is 1. The molecule has 1 aromatic carbocycles. The van der Waals surface area contributed by atoms with E-state index < -0.39 is 9.84 Å². The maximum atomic E-state index is 13.6. The van der Waals surface area contributed by atoms with Crippen molar-refractivity contribution in [3.63, 3.8) is 0 Å². The zero-order chi connectivity index (χ0) is 13.2. The quantitative estimate of drug-likeness (QED) is 0.921. The van der Waals surface area contributed by atoms with Gasteiger partial charge in [0.2, 0.25) is 0 Å². The molecular weight excluding hydrogens is 321 g/mol. The van der Waals surface area contributed by atoms with Crippen LogP contribution in [0.3, 0.4) is 0 Å². The second-order valence-corrected chi connectivity index (χ2v) is 7.71. The number of rotatable bonds is 3. The molecule has 0 aliphatic carbocycles. The summed E-state index contributed by atoms with van der Waals surface area (Å²) in [4.78, 5) is 0. The lowest BCUT2D eigenvalue weighted by Gasteiger charge is -2.23. The molecule has 1 aliphatic rings.